The summed E-state index contributed by atoms with van der Waals surface area (Å²) in [6.45, 7) is 5.18. The second-order valence-corrected chi connectivity index (χ2v) is 5.12. The van der Waals surface area contributed by atoms with Gasteiger partial charge in [-0.2, -0.15) is 0 Å². The Morgan fingerprint density at radius 1 is 1.20 bits per heavy atom. The van der Waals surface area contributed by atoms with Crippen molar-refractivity contribution in [3.05, 3.63) is 48.0 Å². The summed E-state index contributed by atoms with van der Waals surface area (Å²) in [4.78, 5) is 13.5. The number of benzene rings is 2. The van der Waals surface area contributed by atoms with Crippen molar-refractivity contribution in [2.24, 2.45) is 0 Å². The van der Waals surface area contributed by atoms with Gasteiger partial charge in [0.05, 0.1) is 6.54 Å². The van der Waals surface area contributed by atoms with Crippen LogP contribution >= 0.6 is 0 Å². The normalized spacial score (nSPS) is 12.3. The Balaban J connectivity index is 2.04. The Morgan fingerprint density at radius 2 is 1.90 bits per heavy atom. The van der Waals surface area contributed by atoms with Gasteiger partial charge in [-0.05, 0) is 36.2 Å². The van der Waals surface area contributed by atoms with Gasteiger partial charge in [0.15, 0.2) is 0 Å². The summed E-state index contributed by atoms with van der Waals surface area (Å²) >= 11 is 0. The van der Waals surface area contributed by atoms with Crippen molar-refractivity contribution in [1.29, 1.82) is 0 Å². The van der Waals surface area contributed by atoms with Crippen LogP contribution in [0.2, 0.25) is 0 Å². The van der Waals surface area contributed by atoms with Crippen molar-refractivity contribution < 1.29 is 4.79 Å². The predicted molar refractivity (Wildman–Crippen MR) is 83.7 cm³/mol. The maximum atomic E-state index is 11.8. The molecule has 3 heteroatoms. The zero-order valence-corrected chi connectivity index (χ0v) is 12.4. The van der Waals surface area contributed by atoms with Crippen molar-refractivity contribution in [2.75, 3.05) is 20.1 Å². The van der Waals surface area contributed by atoms with Crippen molar-refractivity contribution in [2.45, 2.75) is 19.9 Å². The van der Waals surface area contributed by atoms with Gasteiger partial charge in [0.2, 0.25) is 5.91 Å². The van der Waals surface area contributed by atoms with Gasteiger partial charge >= 0.3 is 0 Å². The molecule has 20 heavy (non-hydrogen) atoms. The third kappa shape index (κ3) is 3.36. The van der Waals surface area contributed by atoms with E-state index in [-0.39, 0.29) is 11.9 Å². The quantitative estimate of drug-likeness (QED) is 0.906. The van der Waals surface area contributed by atoms with Crippen LogP contribution in [0.5, 0.6) is 0 Å². The molecule has 0 aliphatic carbocycles. The lowest BCUT2D eigenvalue weighted by Crippen LogP contribution is -2.36. The number of hydrogen-bond donors (Lipinski definition) is 1. The van der Waals surface area contributed by atoms with Gasteiger partial charge in [-0.3, -0.25) is 4.79 Å². The maximum Gasteiger partial charge on any atom is 0.236 e. The van der Waals surface area contributed by atoms with Gasteiger partial charge in [-0.25, -0.2) is 0 Å². The molecule has 0 fully saturated rings. The molecule has 0 heterocycles. The molecular weight excluding hydrogens is 248 g/mol. The highest BCUT2D eigenvalue weighted by molar-refractivity contribution is 5.83. The second kappa shape index (κ2) is 6.53. The molecule has 3 nitrogen and oxygen atoms in total. The molecule has 2 aromatic carbocycles. The molecule has 0 aromatic heterocycles. The van der Waals surface area contributed by atoms with Crippen LogP contribution in [0.25, 0.3) is 10.8 Å². The third-order valence-electron chi connectivity index (χ3n) is 3.73. The van der Waals surface area contributed by atoms with E-state index in [0.717, 1.165) is 6.54 Å². The molecule has 0 aliphatic heterocycles. The van der Waals surface area contributed by atoms with E-state index in [9.17, 15) is 4.79 Å². The number of amides is 1. The second-order valence-electron chi connectivity index (χ2n) is 5.12. The van der Waals surface area contributed by atoms with E-state index in [1.165, 1.54) is 16.3 Å². The summed E-state index contributed by atoms with van der Waals surface area (Å²) < 4.78 is 0. The molecule has 0 spiro atoms. The number of nitrogens with one attached hydrogen (secondary N) is 1. The molecule has 2 aromatic rings. The zero-order chi connectivity index (χ0) is 14.5. The Morgan fingerprint density at radius 3 is 2.60 bits per heavy atom. The first-order valence-corrected chi connectivity index (χ1v) is 7.08. The summed E-state index contributed by atoms with van der Waals surface area (Å²) in [7, 11) is 1.82. The van der Waals surface area contributed by atoms with Gasteiger partial charge in [-0.15, -0.1) is 0 Å². The molecule has 106 valence electrons. The van der Waals surface area contributed by atoms with Crippen LogP contribution in [-0.2, 0) is 4.79 Å². The first-order chi connectivity index (χ1) is 9.61. The van der Waals surface area contributed by atoms with E-state index in [4.69, 9.17) is 0 Å². The number of likely N-dealkylation sites (N-methyl/N-ethyl adjacent to an activating group) is 1. The summed E-state index contributed by atoms with van der Waals surface area (Å²) in [6.07, 6.45) is 0. The fourth-order valence-electron chi connectivity index (χ4n) is 2.15. The molecule has 0 bridgehead atoms. The standard InChI is InChI=1S/C17H22N2O/c1-4-19(3)17(20)12-18-13(2)15-10-9-14-7-5-6-8-16(14)11-15/h5-11,13,18H,4,12H2,1-3H3. The molecular formula is C17H22N2O. The molecule has 0 aliphatic rings. The molecule has 1 atom stereocenters. The van der Waals surface area contributed by atoms with E-state index in [2.05, 4.69) is 42.6 Å². The van der Waals surface area contributed by atoms with E-state index in [1.807, 2.05) is 26.1 Å². The summed E-state index contributed by atoms with van der Waals surface area (Å²) in [5.74, 6) is 0.125. The van der Waals surface area contributed by atoms with Gasteiger partial charge in [0.1, 0.15) is 0 Å². The number of hydrogen-bond acceptors (Lipinski definition) is 2. The first kappa shape index (κ1) is 14.5. The highest BCUT2D eigenvalue weighted by Gasteiger charge is 2.10. The van der Waals surface area contributed by atoms with Gasteiger partial charge < -0.3 is 10.2 Å². The number of rotatable bonds is 5. The minimum absolute atomic E-state index is 0.125. The number of fused-ring (bicyclic) bond motifs is 1. The van der Waals surface area contributed by atoms with E-state index in [1.54, 1.807) is 4.90 Å². The minimum Gasteiger partial charge on any atom is -0.345 e. The average Bonchev–Trinajstić information content (AvgIpc) is 2.50. The number of carbonyl (C=O) groups excluding carboxylic acids is 1. The monoisotopic (exact) mass is 270 g/mol. The average molecular weight is 270 g/mol. The molecule has 2 rings (SSSR count). The van der Waals surface area contributed by atoms with Crippen LogP contribution in [0.4, 0.5) is 0 Å². The van der Waals surface area contributed by atoms with Crippen LogP contribution in [0.3, 0.4) is 0 Å². The summed E-state index contributed by atoms with van der Waals surface area (Å²) in [5.41, 5.74) is 1.20. The van der Waals surface area contributed by atoms with Crippen LogP contribution in [0, 0.1) is 0 Å². The molecule has 0 radical (unpaired) electrons. The number of nitrogens with zero attached hydrogens (tertiary/aromatic N) is 1. The van der Waals surface area contributed by atoms with Crippen LogP contribution < -0.4 is 5.32 Å². The van der Waals surface area contributed by atoms with Crippen molar-refractivity contribution in [1.82, 2.24) is 10.2 Å². The lowest BCUT2D eigenvalue weighted by atomic mass is 10.0. The van der Waals surface area contributed by atoms with Crippen LogP contribution in [0.1, 0.15) is 25.5 Å². The summed E-state index contributed by atoms with van der Waals surface area (Å²) in [5, 5.41) is 5.76. The van der Waals surface area contributed by atoms with Gasteiger partial charge in [0, 0.05) is 19.6 Å². The third-order valence-corrected chi connectivity index (χ3v) is 3.73. The molecule has 1 unspecified atom stereocenters. The predicted octanol–water partition coefficient (Wildman–Crippen LogP) is 2.97. The molecule has 1 amide bonds. The van der Waals surface area contributed by atoms with E-state index >= 15 is 0 Å². The fraction of sp³-hybridized carbons (Fsp3) is 0.353. The SMILES string of the molecule is CCN(C)C(=O)CNC(C)c1ccc2ccccc2c1. The molecule has 0 saturated heterocycles. The van der Waals surface area contributed by atoms with E-state index in [0.29, 0.717) is 6.54 Å². The highest BCUT2D eigenvalue weighted by Crippen LogP contribution is 2.20. The van der Waals surface area contributed by atoms with Crippen molar-refractivity contribution in [3.8, 4) is 0 Å². The Hall–Kier alpha value is -1.87. The molecule has 0 saturated carbocycles. The number of carbonyl (C=O) groups is 1. The smallest absolute Gasteiger partial charge is 0.236 e. The molecule has 1 N–H and O–H groups in total. The zero-order valence-electron chi connectivity index (χ0n) is 12.4. The highest BCUT2D eigenvalue weighted by atomic mass is 16.2. The van der Waals surface area contributed by atoms with Crippen LogP contribution in [-0.4, -0.2) is 30.9 Å². The lowest BCUT2D eigenvalue weighted by Gasteiger charge is -2.18. The van der Waals surface area contributed by atoms with Crippen molar-refractivity contribution >= 4 is 16.7 Å². The minimum atomic E-state index is 0.125. The Kier molecular flexibility index (Phi) is 4.74. The van der Waals surface area contributed by atoms with E-state index < -0.39 is 0 Å². The largest absolute Gasteiger partial charge is 0.345 e. The van der Waals surface area contributed by atoms with Gasteiger partial charge in [0.25, 0.3) is 0 Å². The van der Waals surface area contributed by atoms with Crippen molar-refractivity contribution in [3.63, 3.8) is 0 Å². The topological polar surface area (TPSA) is 32.3 Å². The van der Waals surface area contributed by atoms with Gasteiger partial charge in [-0.1, -0.05) is 36.4 Å². The summed E-state index contributed by atoms with van der Waals surface area (Å²) in [6, 6.07) is 14.9. The lowest BCUT2D eigenvalue weighted by molar-refractivity contribution is -0.128. The fourth-order valence-corrected chi connectivity index (χ4v) is 2.15. The van der Waals surface area contributed by atoms with Crippen LogP contribution in [0.15, 0.2) is 42.5 Å². The first-order valence-electron chi connectivity index (χ1n) is 7.08. The Labute approximate surface area is 120 Å². The Bertz CT molecular complexity index is 594. The maximum absolute atomic E-state index is 11.8.